The molecule has 0 bridgehead atoms. The Hall–Kier alpha value is -2.01. The van der Waals surface area contributed by atoms with Crippen LogP contribution in [-0.2, 0) is 19.5 Å². The Labute approximate surface area is 167 Å². The molecule has 1 aromatic heterocycles. The Morgan fingerprint density at radius 2 is 1.96 bits per heavy atom. The van der Waals surface area contributed by atoms with Crippen molar-refractivity contribution in [1.29, 1.82) is 0 Å². The number of ether oxygens (including phenoxy) is 1. The van der Waals surface area contributed by atoms with E-state index in [1.165, 1.54) is 0 Å². The molecule has 0 spiro atoms. The molecule has 2 heterocycles. The minimum absolute atomic E-state index is 0.322. The lowest BCUT2D eigenvalue weighted by atomic mass is 9.99. The van der Waals surface area contributed by atoms with Gasteiger partial charge in [-0.05, 0) is 42.7 Å². The Balaban J connectivity index is 1.70. The molecule has 3 aromatic rings. The van der Waals surface area contributed by atoms with Gasteiger partial charge in [-0.1, -0.05) is 36.2 Å². The Morgan fingerprint density at radius 1 is 1.15 bits per heavy atom. The second-order valence-corrected chi connectivity index (χ2v) is 7.65. The molecule has 140 valence electrons. The van der Waals surface area contributed by atoms with E-state index in [9.17, 15) is 4.79 Å². The standard InChI is InChI=1S/C21H19Cl2NO3/c1-3-13-7-19(25)27-21-12(2)20-15(6-17(13)21)10-24(11-26-20)9-14-4-5-16(22)8-18(14)23/h4-8H,3,9-11H2,1-2H3. The van der Waals surface area contributed by atoms with E-state index in [1.807, 2.05) is 26.0 Å². The highest BCUT2D eigenvalue weighted by Gasteiger charge is 2.23. The summed E-state index contributed by atoms with van der Waals surface area (Å²) in [4.78, 5) is 14.0. The van der Waals surface area contributed by atoms with Crippen molar-refractivity contribution in [1.82, 2.24) is 4.90 Å². The third kappa shape index (κ3) is 3.45. The number of hydrogen-bond donors (Lipinski definition) is 0. The molecule has 2 aromatic carbocycles. The third-order valence-electron chi connectivity index (χ3n) is 4.95. The van der Waals surface area contributed by atoms with Crippen molar-refractivity contribution in [2.75, 3.05) is 6.73 Å². The summed E-state index contributed by atoms with van der Waals surface area (Å²) >= 11 is 12.3. The molecular weight excluding hydrogens is 385 g/mol. The smallest absolute Gasteiger partial charge is 0.336 e. The number of aryl methyl sites for hydroxylation is 2. The summed E-state index contributed by atoms with van der Waals surface area (Å²) in [5, 5.41) is 2.25. The fourth-order valence-electron chi connectivity index (χ4n) is 3.62. The van der Waals surface area contributed by atoms with Gasteiger partial charge in [0.15, 0.2) is 0 Å². The largest absolute Gasteiger partial charge is 0.477 e. The molecule has 0 atom stereocenters. The van der Waals surface area contributed by atoms with Crippen LogP contribution in [0, 0.1) is 6.92 Å². The van der Waals surface area contributed by atoms with Crippen LogP contribution in [0.5, 0.6) is 5.75 Å². The van der Waals surface area contributed by atoms with E-state index in [1.54, 1.807) is 12.1 Å². The number of nitrogens with zero attached hydrogens (tertiary/aromatic N) is 1. The quantitative estimate of drug-likeness (QED) is 0.554. The number of halogens is 2. The van der Waals surface area contributed by atoms with Crippen LogP contribution in [0.3, 0.4) is 0 Å². The van der Waals surface area contributed by atoms with Gasteiger partial charge in [-0.2, -0.15) is 0 Å². The second kappa shape index (κ2) is 7.19. The molecule has 1 aliphatic rings. The Kier molecular flexibility index (Phi) is 4.89. The van der Waals surface area contributed by atoms with Gasteiger partial charge in [0.25, 0.3) is 0 Å². The van der Waals surface area contributed by atoms with Gasteiger partial charge >= 0.3 is 5.63 Å². The predicted octanol–water partition coefficient (Wildman–Crippen LogP) is 5.32. The monoisotopic (exact) mass is 403 g/mol. The summed E-state index contributed by atoms with van der Waals surface area (Å²) in [6, 6.07) is 9.19. The molecule has 6 heteroatoms. The maximum absolute atomic E-state index is 11.9. The number of hydrogen-bond acceptors (Lipinski definition) is 4. The lowest BCUT2D eigenvalue weighted by Gasteiger charge is -2.30. The normalized spacial score (nSPS) is 14.2. The molecule has 4 nitrogen and oxygen atoms in total. The van der Waals surface area contributed by atoms with Crippen LogP contribution < -0.4 is 10.4 Å². The van der Waals surface area contributed by atoms with Crippen molar-refractivity contribution in [2.24, 2.45) is 0 Å². The second-order valence-electron chi connectivity index (χ2n) is 6.81. The number of benzene rings is 2. The van der Waals surface area contributed by atoms with Gasteiger partial charge in [-0.25, -0.2) is 4.79 Å². The molecule has 1 aliphatic heterocycles. The highest BCUT2D eigenvalue weighted by molar-refractivity contribution is 6.35. The van der Waals surface area contributed by atoms with E-state index in [0.29, 0.717) is 28.9 Å². The van der Waals surface area contributed by atoms with E-state index >= 15 is 0 Å². The third-order valence-corrected chi connectivity index (χ3v) is 5.54. The lowest BCUT2D eigenvalue weighted by molar-refractivity contribution is 0.0881. The molecule has 4 rings (SSSR count). The maximum atomic E-state index is 11.9. The minimum atomic E-state index is -0.322. The summed E-state index contributed by atoms with van der Waals surface area (Å²) in [5.41, 5.74) is 4.25. The van der Waals surface area contributed by atoms with Crippen molar-refractivity contribution < 1.29 is 9.15 Å². The summed E-state index contributed by atoms with van der Waals surface area (Å²) in [6.07, 6.45) is 0.769. The average Bonchev–Trinajstić information content (AvgIpc) is 2.64. The fraction of sp³-hybridized carbons (Fsp3) is 0.286. The van der Waals surface area contributed by atoms with Gasteiger partial charge < -0.3 is 9.15 Å². The van der Waals surface area contributed by atoms with Crippen LogP contribution in [0.1, 0.15) is 29.2 Å². The molecule has 0 saturated carbocycles. The van der Waals surface area contributed by atoms with Gasteiger partial charge in [0, 0.05) is 45.7 Å². The number of fused-ring (bicyclic) bond motifs is 2. The van der Waals surface area contributed by atoms with Crippen LogP contribution in [0.4, 0.5) is 0 Å². The summed E-state index contributed by atoms with van der Waals surface area (Å²) in [7, 11) is 0. The predicted molar refractivity (Wildman–Crippen MR) is 108 cm³/mol. The van der Waals surface area contributed by atoms with Crippen molar-refractivity contribution in [3.63, 3.8) is 0 Å². The SMILES string of the molecule is CCc1cc(=O)oc2c(C)c3c(cc12)CN(Cc1ccc(Cl)cc1Cl)CO3. The average molecular weight is 404 g/mol. The molecule has 0 unspecified atom stereocenters. The maximum Gasteiger partial charge on any atom is 0.336 e. The van der Waals surface area contributed by atoms with Crippen LogP contribution >= 0.6 is 23.2 Å². The molecule has 27 heavy (non-hydrogen) atoms. The van der Waals surface area contributed by atoms with Crippen LogP contribution in [0.15, 0.2) is 39.5 Å². The zero-order chi connectivity index (χ0) is 19.1. The molecular formula is C21H19Cl2NO3. The molecule has 0 amide bonds. The van der Waals surface area contributed by atoms with Crippen molar-refractivity contribution >= 4 is 34.2 Å². The summed E-state index contributed by atoms with van der Waals surface area (Å²) < 4.78 is 11.5. The molecule has 0 fully saturated rings. The zero-order valence-corrected chi connectivity index (χ0v) is 16.7. The highest BCUT2D eigenvalue weighted by Crippen LogP contribution is 2.36. The lowest BCUT2D eigenvalue weighted by Crippen LogP contribution is -2.32. The topological polar surface area (TPSA) is 42.7 Å². The van der Waals surface area contributed by atoms with E-state index in [0.717, 1.165) is 46.4 Å². The van der Waals surface area contributed by atoms with Gasteiger partial charge in [-0.15, -0.1) is 0 Å². The van der Waals surface area contributed by atoms with E-state index in [4.69, 9.17) is 32.4 Å². The van der Waals surface area contributed by atoms with Gasteiger partial charge in [0.05, 0.1) is 0 Å². The first kappa shape index (κ1) is 18.4. The first-order chi connectivity index (χ1) is 13.0. The zero-order valence-electron chi connectivity index (χ0n) is 15.1. The van der Waals surface area contributed by atoms with Gasteiger partial charge in [0.1, 0.15) is 18.1 Å². The fourth-order valence-corrected chi connectivity index (χ4v) is 4.09. The summed E-state index contributed by atoms with van der Waals surface area (Å²) in [5.74, 6) is 0.803. The summed E-state index contributed by atoms with van der Waals surface area (Å²) in [6.45, 7) is 5.81. The molecule has 0 aliphatic carbocycles. The van der Waals surface area contributed by atoms with Crippen LogP contribution in [-0.4, -0.2) is 11.6 Å². The molecule has 0 N–H and O–H groups in total. The van der Waals surface area contributed by atoms with Crippen molar-refractivity contribution in [2.45, 2.75) is 33.4 Å². The van der Waals surface area contributed by atoms with Crippen molar-refractivity contribution in [3.8, 4) is 5.75 Å². The van der Waals surface area contributed by atoms with Gasteiger partial charge in [0.2, 0.25) is 0 Å². The Bertz CT molecular complexity index is 1090. The first-order valence-corrected chi connectivity index (χ1v) is 9.60. The van der Waals surface area contributed by atoms with E-state index < -0.39 is 0 Å². The van der Waals surface area contributed by atoms with Gasteiger partial charge in [-0.3, -0.25) is 4.90 Å². The minimum Gasteiger partial charge on any atom is -0.477 e. The number of rotatable bonds is 3. The van der Waals surface area contributed by atoms with E-state index in [2.05, 4.69) is 11.0 Å². The Morgan fingerprint density at radius 3 is 2.70 bits per heavy atom. The van der Waals surface area contributed by atoms with Crippen LogP contribution in [0.25, 0.3) is 11.0 Å². The van der Waals surface area contributed by atoms with E-state index in [-0.39, 0.29) is 5.63 Å². The van der Waals surface area contributed by atoms with Crippen molar-refractivity contribution in [3.05, 3.63) is 73.1 Å². The first-order valence-electron chi connectivity index (χ1n) is 8.84. The molecule has 0 saturated heterocycles. The highest BCUT2D eigenvalue weighted by atomic mass is 35.5. The molecule has 0 radical (unpaired) electrons. The van der Waals surface area contributed by atoms with Crippen LogP contribution in [0.2, 0.25) is 10.0 Å².